The summed E-state index contributed by atoms with van der Waals surface area (Å²) in [5.74, 6) is 1.82. The first-order chi connectivity index (χ1) is 8.17. The van der Waals surface area contributed by atoms with E-state index in [2.05, 4.69) is 31.1 Å². The fourth-order valence-corrected chi connectivity index (χ4v) is 2.32. The molecule has 0 aliphatic carbocycles. The lowest BCUT2D eigenvalue weighted by atomic mass is 9.88. The number of nitrogens with one attached hydrogen (secondary N) is 1. The molecule has 1 aromatic carbocycles. The van der Waals surface area contributed by atoms with Gasteiger partial charge in [-0.15, -0.1) is 0 Å². The molecule has 0 amide bonds. The summed E-state index contributed by atoms with van der Waals surface area (Å²) in [5.41, 5.74) is 8.29. The summed E-state index contributed by atoms with van der Waals surface area (Å²) >= 11 is 0. The van der Waals surface area contributed by atoms with Gasteiger partial charge in [-0.3, -0.25) is 0 Å². The van der Waals surface area contributed by atoms with Crippen molar-refractivity contribution in [1.82, 2.24) is 4.98 Å². The maximum absolute atomic E-state index is 5.87. The minimum absolute atomic E-state index is 0.400. The molecule has 2 aromatic rings. The molecule has 0 aliphatic rings. The third kappa shape index (κ3) is 2.15. The van der Waals surface area contributed by atoms with Crippen LogP contribution in [0, 0.1) is 5.92 Å². The number of nitrogens with two attached hydrogens (primary N) is 1. The van der Waals surface area contributed by atoms with E-state index < -0.39 is 0 Å². The molecule has 0 aliphatic heterocycles. The number of aromatic nitrogens is 1. The fraction of sp³-hybridized carbons (Fsp3) is 0.429. The standard InChI is InChI=1S/C14H20N2O/c1-9(2)12(7-15)13-8-16-14-6-10(17-3)4-5-11(13)14/h4-6,8-9,12,16H,7,15H2,1-3H3. The lowest BCUT2D eigenvalue weighted by Crippen LogP contribution is -2.17. The second-order valence-electron chi connectivity index (χ2n) is 4.74. The van der Waals surface area contributed by atoms with E-state index in [0.29, 0.717) is 18.4 Å². The zero-order valence-corrected chi connectivity index (χ0v) is 10.7. The van der Waals surface area contributed by atoms with E-state index in [-0.39, 0.29) is 0 Å². The molecule has 1 heterocycles. The van der Waals surface area contributed by atoms with Crippen LogP contribution >= 0.6 is 0 Å². The van der Waals surface area contributed by atoms with Gasteiger partial charge in [0.05, 0.1) is 7.11 Å². The number of H-pyrrole nitrogens is 1. The van der Waals surface area contributed by atoms with Crippen LogP contribution in [0.3, 0.4) is 0 Å². The molecule has 0 saturated carbocycles. The lowest BCUT2D eigenvalue weighted by molar-refractivity contribution is 0.415. The zero-order chi connectivity index (χ0) is 12.4. The van der Waals surface area contributed by atoms with Crippen molar-refractivity contribution in [2.24, 2.45) is 11.7 Å². The molecular weight excluding hydrogens is 212 g/mol. The van der Waals surface area contributed by atoms with E-state index >= 15 is 0 Å². The van der Waals surface area contributed by atoms with E-state index in [1.165, 1.54) is 10.9 Å². The van der Waals surface area contributed by atoms with Crippen molar-refractivity contribution in [3.63, 3.8) is 0 Å². The van der Waals surface area contributed by atoms with Gasteiger partial charge >= 0.3 is 0 Å². The molecule has 0 fully saturated rings. The fourth-order valence-electron chi connectivity index (χ4n) is 2.32. The molecule has 3 heteroatoms. The molecule has 1 aromatic heterocycles. The Balaban J connectivity index is 2.49. The molecular formula is C14H20N2O. The average molecular weight is 232 g/mol. The molecule has 1 atom stereocenters. The number of aromatic amines is 1. The molecule has 3 nitrogen and oxygen atoms in total. The van der Waals surface area contributed by atoms with Crippen molar-refractivity contribution < 1.29 is 4.74 Å². The average Bonchev–Trinajstić information content (AvgIpc) is 2.73. The predicted molar refractivity (Wildman–Crippen MR) is 71.5 cm³/mol. The van der Waals surface area contributed by atoms with Gasteiger partial charge < -0.3 is 15.5 Å². The summed E-state index contributed by atoms with van der Waals surface area (Å²) < 4.78 is 5.22. The number of benzene rings is 1. The lowest BCUT2D eigenvalue weighted by Gasteiger charge is -2.18. The van der Waals surface area contributed by atoms with Gasteiger partial charge in [-0.25, -0.2) is 0 Å². The summed E-state index contributed by atoms with van der Waals surface area (Å²) in [6, 6.07) is 6.12. The molecule has 0 radical (unpaired) electrons. The molecule has 2 rings (SSSR count). The van der Waals surface area contributed by atoms with Crippen LogP contribution < -0.4 is 10.5 Å². The van der Waals surface area contributed by atoms with Gasteiger partial charge in [-0.05, 0) is 30.2 Å². The Bertz CT molecular complexity index is 502. The molecule has 0 spiro atoms. The SMILES string of the molecule is COc1ccc2c(C(CN)C(C)C)c[nH]c2c1. The van der Waals surface area contributed by atoms with E-state index in [1.54, 1.807) is 7.11 Å². The minimum atomic E-state index is 0.400. The second-order valence-corrected chi connectivity index (χ2v) is 4.74. The van der Waals surface area contributed by atoms with Crippen LogP contribution in [0.2, 0.25) is 0 Å². The monoisotopic (exact) mass is 232 g/mol. The van der Waals surface area contributed by atoms with Gasteiger partial charge in [0.15, 0.2) is 0 Å². The molecule has 0 bridgehead atoms. The largest absolute Gasteiger partial charge is 0.497 e. The first-order valence-corrected chi connectivity index (χ1v) is 6.02. The third-order valence-electron chi connectivity index (χ3n) is 3.38. The number of rotatable bonds is 4. The quantitative estimate of drug-likeness (QED) is 0.851. The number of fused-ring (bicyclic) bond motifs is 1. The Morgan fingerprint density at radius 1 is 1.35 bits per heavy atom. The summed E-state index contributed by atoms with van der Waals surface area (Å²) in [6.07, 6.45) is 2.07. The maximum Gasteiger partial charge on any atom is 0.120 e. The Hall–Kier alpha value is -1.48. The van der Waals surface area contributed by atoms with Gasteiger partial charge in [-0.1, -0.05) is 13.8 Å². The second kappa shape index (κ2) is 4.80. The van der Waals surface area contributed by atoms with Crippen molar-refractivity contribution in [3.8, 4) is 5.75 Å². The van der Waals surface area contributed by atoms with Crippen LogP contribution in [0.1, 0.15) is 25.3 Å². The predicted octanol–water partition coefficient (Wildman–Crippen LogP) is 2.87. The van der Waals surface area contributed by atoms with Gasteiger partial charge in [0.1, 0.15) is 5.75 Å². The summed E-state index contributed by atoms with van der Waals surface area (Å²) in [4.78, 5) is 3.30. The van der Waals surface area contributed by atoms with Crippen molar-refractivity contribution in [1.29, 1.82) is 0 Å². The summed E-state index contributed by atoms with van der Waals surface area (Å²) in [5, 5.41) is 1.25. The van der Waals surface area contributed by atoms with Gasteiger partial charge in [-0.2, -0.15) is 0 Å². The topological polar surface area (TPSA) is 51.0 Å². The van der Waals surface area contributed by atoms with E-state index in [4.69, 9.17) is 10.5 Å². The van der Waals surface area contributed by atoms with E-state index in [0.717, 1.165) is 11.3 Å². The van der Waals surface area contributed by atoms with Crippen LogP contribution in [0.25, 0.3) is 10.9 Å². The van der Waals surface area contributed by atoms with Crippen LogP contribution in [0.5, 0.6) is 5.75 Å². The van der Waals surface area contributed by atoms with Crippen LogP contribution in [0.4, 0.5) is 0 Å². The number of ether oxygens (including phenoxy) is 1. The van der Waals surface area contributed by atoms with Crippen molar-refractivity contribution in [2.45, 2.75) is 19.8 Å². The molecule has 0 saturated heterocycles. The first kappa shape index (κ1) is 12.0. The van der Waals surface area contributed by atoms with E-state index in [1.807, 2.05) is 12.1 Å². The molecule has 3 N–H and O–H groups in total. The normalized spacial score (nSPS) is 13.2. The molecule has 92 valence electrons. The Labute approximate surface area is 102 Å². The van der Waals surface area contributed by atoms with Gasteiger partial charge in [0, 0.05) is 29.1 Å². The van der Waals surface area contributed by atoms with Gasteiger partial charge in [0.25, 0.3) is 0 Å². The van der Waals surface area contributed by atoms with E-state index in [9.17, 15) is 0 Å². The Kier molecular flexibility index (Phi) is 3.38. The van der Waals surface area contributed by atoms with Crippen molar-refractivity contribution in [2.75, 3.05) is 13.7 Å². The van der Waals surface area contributed by atoms with Crippen LogP contribution in [0.15, 0.2) is 24.4 Å². The molecule has 17 heavy (non-hydrogen) atoms. The highest BCUT2D eigenvalue weighted by Crippen LogP contribution is 2.31. The third-order valence-corrected chi connectivity index (χ3v) is 3.38. The highest BCUT2D eigenvalue weighted by Gasteiger charge is 2.17. The Morgan fingerprint density at radius 2 is 2.12 bits per heavy atom. The zero-order valence-electron chi connectivity index (χ0n) is 10.7. The van der Waals surface area contributed by atoms with Crippen LogP contribution in [-0.2, 0) is 0 Å². The summed E-state index contributed by atoms with van der Waals surface area (Å²) in [7, 11) is 1.68. The minimum Gasteiger partial charge on any atom is -0.497 e. The van der Waals surface area contributed by atoms with Crippen LogP contribution in [-0.4, -0.2) is 18.6 Å². The highest BCUT2D eigenvalue weighted by molar-refractivity contribution is 5.85. The van der Waals surface area contributed by atoms with Gasteiger partial charge in [0.2, 0.25) is 0 Å². The Morgan fingerprint density at radius 3 is 2.71 bits per heavy atom. The first-order valence-electron chi connectivity index (χ1n) is 6.02. The number of methoxy groups -OCH3 is 1. The molecule has 1 unspecified atom stereocenters. The summed E-state index contributed by atoms with van der Waals surface area (Å²) in [6.45, 7) is 5.09. The van der Waals surface area contributed by atoms with Crippen molar-refractivity contribution in [3.05, 3.63) is 30.0 Å². The maximum atomic E-state index is 5.87. The van der Waals surface area contributed by atoms with Crippen molar-refractivity contribution >= 4 is 10.9 Å². The highest BCUT2D eigenvalue weighted by atomic mass is 16.5. The number of hydrogen-bond acceptors (Lipinski definition) is 2. The smallest absolute Gasteiger partial charge is 0.120 e. The number of hydrogen-bond donors (Lipinski definition) is 2.